The van der Waals surface area contributed by atoms with E-state index in [1.165, 1.54) is 0 Å². The zero-order chi connectivity index (χ0) is 41.0. The van der Waals surface area contributed by atoms with Crippen molar-refractivity contribution < 1.29 is 52.2 Å². The molecule has 9 atom stereocenters. The third kappa shape index (κ3) is 20.1. The minimum atomic E-state index is -4.31. The molecule has 0 aliphatic carbocycles. The molecule has 0 aromatic heterocycles. The Morgan fingerprint density at radius 1 is 0.264 bits per heavy atom. The molecule has 0 aromatic rings. The minimum Gasteiger partial charge on any atom is -0.349 e. The predicted octanol–water partition coefficient (Wildman–Crippen LogP) is 10.2. The highest BCUT2D eigenvalue weighted by atomic mass is 28.5. The molecule has 0 amide bonds. The molecule has 53 heavy (non-hydrogen) atoms. The van der Waals surface area contributed by atoms with Gasteiger partial charge in [-0.05, 0) is 120 Å². The molecule has 0 radical (unpaired) electrons. The van der Waals surface area contributed by atoms with E-state index in [9.17, 15) is 0 Å². The van der Waals surface area contributed by atoms with E-state index in [0.717, 1.165) is 0 Å². The van der Waals surface area contributed by atoms with Crippen LogP contribution in [0, 0.1) is 0 Å². The third-order valence-corrected chi connectivity index (χ3v) is 22.9. The van der Waals surface area contributed by atoms with E-state index < -0.39 is 35.9 Å². The summed E-state index contributed by atoms with van der Waals surface area (Å²) in [4.78, 5) is 0. The first kappa shape index (κ1) is 53.4. The SMILES string of the molecule is CC[C@@H](C)O[Si](O[C@H](C)CC)(O[C@H](C)CC)O[Si](C)(O[Si](O[C@H](C)CC)(O[C@H](C)CC)O[C@H](C)CC)O[Si](O[C@H](C)CC)(O[C@H](C)CC)O[C@@H](C)CC. The van der Waals surface area contributed by atoms with E-state index in [4.69, 9.17) is 52.2 Å². The van der Waals surface area contributed by atoms with E-state index in [1.54, 1.807) is 6.55 Å². The molecule has 0 fully saturated rings. The van der Waals surface area contributed by atoms with Crippen LogP contribution in [-0.2, 0) is 52.2 Å². The lowest BCUT2D eigenvalue weighted by Crippen LogP contribution is -2.71. The molecule has 0 aliphatic heterocycles. The summed E-state index contributed by atoms with van der Waals surface area (Å²) in [6, 6.07) is 0. The molecule has 0 heterocycles. The van der Waals surface area contributed by atoms with Crippen LogP contribution < -0.4 is 0 Å². The molecule has 16 heteroatoms. The molecule has 0 saturated heterocycles. The summed E-state index contributed by atoms with van der Waals surface area (Å²) in [6.07, 6.45) is 3.79. The van der Waals surface area contributed by atoms with E-state index in [1.807, 2.05) is 62.3 Å². The first-order chi connectivity index (χ1) is 24.7. The van der Waals surface area contributed by atoms with Gasteiger partial charge in [0.25, 0.3) is 0 Å². The lowest BCUT2D eigenvalue weighted by Gasteiger charge is -2.45. The van der Waals surface area contributed by atoms with Crippen molar-refractivity contribution in [3.63, 3.8) is 0 Å². The van der Waals surface area contributed by atoms with Gasteiger partial charge in [-0.15, -0.1) is 0 Å². The van der Waals surface area contributed by atoms with E-state index in [-0.39, 0.29) is 54.9 Å². The van der Waals surface area contributed by atoms with E-state index in [2.05, 4.69) is 62.3 Å². The second-order valence-corrected chi connectivity index (χ2v) is 24.0. The van der Waals surface area contributed by atoms with E-state index >= 15 is 0 Å². The van der Waals surface area contributed by atoms with Crippen LogP contribution in [0.15, 0.2) is 0 Å². The van der Waals surface area contributed by atoms with Crippen molar-refractivity contribution >= 4 is 35.9 Å². The largest absolute Gasteiger partial charge is 0.672 e. The maximum Gasteiger partial charge on any atom is 0.672 e. The van der Waals surface area contributed by atoms with Crippen molar-refractivity contribution in [2.24, 2.45) is 0 Å². The molecular weight excluding hydrogens is 749 g/mol. The summed E-state index contributed by atoms with van der Waals surface area (Å²) >= 11 is 0. The summed E-state index contributed by atoms with van der Waals surface area (Å²) < 4.78 is 83.1. The van der Waals surface area contributed by atoms with Crippen LogP contribution in [0.5, 0.6) is 0 Å². The smallest absolute Gasteiger partial charge is 0.349 e. The van der Waals surface area contributed by atoms with Gasteiger partial charge in [-0.3, -0.25) is 0 Å². The number of hydrogen-bond donors (Lipinski definition) is 0. The minimum absolute atomic E-state index is 0.273. The molecule has 0 N–H and O–H groups in total. The summed E-state index contributed by atoms with van der Waals surface area (Å²) in [5.74, 6) is 0. The molecule has 0 rings (SSSR count). The van der Waals surface area contributed by atoms with Gasteiger partial charge in [0.1, 0.15) is 0 Å². The molecule has 0 saturated carbocycles. The lowest BCUT2D eigenvalue weighted by molar-refractivity contribution is -0.103. The monoisotopic (exact) mass is 833 g/mol. The van der Waals surface area contributed by atoms with Crippen LogP contribution in [0.1, 0.15) is 182 Å². The van der Waals surface area contributed by atoms with Gasteiger partial charge < -0.3 is 52.2 Å². The molecule has 0 bridgehead atoms. The average molecular weight is 833 g/mol. The zero-order valence-corrected chi connectivity index (χ0v) is 41.5. The first-order valence-electron chi connectivity index (χ1n) is 20.9. The Labute approximate surface area is 331 Å². The van der Waals surface area contributed by atoms with Crippen molar-refractivity contribution in [1.82, 2.24) is 0 Å². The van der Waals surface area contributed by atoms with Gasteiger partial charge in [-0.2, -0.15) is 0 Å². The summed E-state index contributed by atoms with van der Waals surface area (Å²) in [5.41, 5.74) is 0. The Hall–Kier alpha value is 0.388. The highest BCUT2D eigenvalue weighted by molar-refractivity contribution is 6.81. The second kappa shape index (κ2) is 26.4. The van der Waals surface area contributed by atoms with Crippen molar-refractivity contribution in [2.45, 2.75) is 244 Å². The van der Waals surface area contributed by atoms with Crippen LogP contribution in [0.25, 0.3) is 0 Å². The van der Waals surface area contributed by atoms with Gasteiger partial charge in [0.15, 0.2) is 0 Å². The fourth-order valence-corrected chi connectivity index (χ4v) is 19.4. The second-order valence-electron chi connectivity index (χ2n) is 14.7. The van der Waals surface area contributed by atoms with Crippen LogP contribution in [0.3, 0.4) is 0 Å². The van der Waals surface area contributed by atoms with Gasteiger partial charge in [0.2, 0.25) is 0 Å². The van der Waals surface area contributed by atoms with Crippen LogP contribution in [0.4, 0.5) is 0 Å². The standard InChI is InChI=1S/C37H84O12Si4/c1-20-29(10)38-51(39-30(11)21-2,40-31(12)22-3)47-50(19,48-52(41-32(13)23-4,42-33(14)24-5)43-34(15)25-6)49-53(44-35(16)26-7,45-36(17)27-8)46-37(18)28-9/h29-37H,20-28H2,1-19H3/t29-,30-,31-,32-,33-,34-,35-,36-,37+/m1/s1. The summed E-state index contributed by atoms with van der Waals surface area (Å²) in [7, 11) is -16.8. The Morgan fingerprint density at radius 3 is 0.472 bits per heavy atom. The Balaban J connectivity index is 8.33. The fourth-order valence-electron chi connectivity index (χ4n) is 4.18. The molecular formula is C37H84O12Si4. The fraction of sp³-hybridized carbons (Fsp3) is 1.00. The zero-order valence-electron chi connectivity index (χ0n) is 37.5. The molecule has 320 valence electrons. The Bertz CT molecular complexity index is 734. The van der Waals surface area contributed by atoms with E-state index in [0.29, 0.717) is 57.8 Å². The van der Waals surface area contributed by atoms with Crippen molar-refractivity contribution in [1.29, 1.82) is 0 Å². The van der Waals surface area contributed by atoms with Gasteiger partial charge in [0.05, 0.1) is 0 Å². The number of rotatable bonds is 33. The third-order valence-electron chi connectivity index (χ3n) is 9.22. The molecule has 0 aromatic carbocycles. The summed E-state index contributed by atoms with van der Waals surface area (Å²) in [5, 5.41) is 0. The average Bonchev–Trinajstić information content (AvgIpc) is 3.10. The van der Waals surface area contributed by atoms with Gasteiger partial charge in [-0.1, -0.05) is 62.3 Å². The van der Waals surface area contributed by atoms with Gasteiger partial charge in [0, 0.05) is 61.5 Å². The van der Waals surface area contributed by atoms with Gasteiger partial charge >= 0.3 is 35.9 Å². The Morgan fingerprint density at radius 2 is 0.377 bits per heavy atom. The highest BCUT2D eigenvalue weighted by Crippen LogP contribution is 2.35. The first-order valence-corrected chi connectivity index (χ1v) is 28.0. The van der Waals surface area contributed by atoms with Crippen LogP contribution in [-0.4, -0.2) is 90.9 Å². The maximum absolute atomic E-state index is 7.30. The van der Waals surface area contributed by atoms with Crippen LogP contribution in [0.2, 0.25) is 6.55 Å². The topological polar surface area (TPSA) is 111 Å². The normalized spacial score (nSPS) is 18.6. The van der Waals surface area contributed by atoms with Crippen molar-refractivity contribution in [3.8, 4) is 0 Å². The Kier molecular flexibility index (Phi) is 26.6. The predicted molar refractivity (Wildman–Crippen MR) is 220 cm³/mol. The molecule has 0 unspecified atom stereocenters. The number of hydrogen-bond acceptors (Lipinski definition) is 12. The molecule has 0 spiro atoms. The van der Waals surface area contributed by atoms with Gasteiger partial charge in [-0.25, -0.2) is 0 Å². The molecule has 0 aliphatic rings. The quantitative estimate of drug-likeness (QED) is 0.0587. The van der Waals surface area contributed by atoms with Crippen LogP contribution >= 0.6 is 0 Å². The summed E-state index contributed by atoms with van der Waals surface area (Å²) in [6.45, 7) is 38.1. The van der Waals surface area contributed by atoms with Crippen molar-refractivity contribution in [3.05, 3.63) is 0 Å². The molecule has 12 nitrogen and oxygen atoms in total. The lowest BCUT2D eigenvalue weighted by atomic mass is 10.3. The maximum atomic E-state index is 7.30. The van der Waals surface area contributed by atoms with Crippen molar-refractivity contribution in [2.75, 3.05) is 0 Å². The highest BCUT2D eigenvalue weighted by Gasteiger charge is 2.67.